The zero-order chi connectivity index (χ0) is 11.8. The normalized spacial score (nSPS) is 14.7. The lowest BCUT2D eigenvalue weighted by Gasteiger charge is -2.14. The van der Waals surface area contributed by atoms with Crippen molar-refractivity contribution in [1.82, 2.24) is 9.78 Å². The molecule has 1 aromatic carbocycles. The van der Waals surface area contributed by atoms with Crippen LogP contribution in [0.1, 0.15) is 29.8 Å². The second-order valence-electron chi connectivity index (χ2n) is 4.61. The monoisotopic (exact) mass is 290 g/mol. The maximum atomic E-state index is 4.70. The number of fused-ring (bicyclic) bond motifs is 1. The molecule has 0 amide bonds. The average Bonchev–Trinajstić information content (AvgIpc) is 2.68. The molecule has 0 fully saturated rings. The smallest absolute Gasteiger partial charge is 0.0660 e. The molecular weight excluding hydrogens is 276 g/mol. The largest absolute Gasteiger partial charge is 0.237 e. The molecule has 3 heteroatoms. The predicted octanol–water partition coefficient (Wildman–Crippen LogP) is 3.82. The summed E-state index contributed by atoms with van der Waals surface area (Å²) in [5.41, 5.74) is 5.23. The van der Waals surface area contributed by atoms with E-state index in [1.807, 2.05) is 6.07 Å². The van der Waals surface area contributed by atoms with Gasteiger partial charge in [0.1, 0.15) is 0 Å². The minimum Gasteiger partial charge on any atom is -0.237 e. The van der Waals surface area contributed by atoms with E-state index in [0.29, 0.717) is 0 Å². The van der Waals surface area contributed by atoms with Crippen LogP contribution < -0.4 is 0 Å². The molecule has 17 heavy (non-hydrogen) atoms. The van der Waals surface area contributed by atoms with E-state index in [1.54, 1.807) is 0 Å². The molecule has 3 rings (SSSR count). The van der Waals surface area contributed by atoms with E-state index in [-0.39, 0.29) is 0 Å². The Labute approximate surface area is 110 Å². The van der Waals surface area contributed by atoms with Gasteiger partial charge in [0, 0.05) is 10.2 Å². The van der Waals surface area contributed by atoms with Crippen LogP contribution in [0.4, 0.5) is 0 Å². The molecule has 88 valence electrons. The lowest BCUT2D eigenvalue weighted by Crippen LogP contribution is -2.07. The van der Waals surface area contributed by atoms with E-state index in [4.69, 9.17) is 5.10 Å². The van der Waals surface area contributed by atoms with Crippen LogP contribution in [0, 0.1) is 6.92 Å². The van der Waals surface area contributed by atoms with Gasteiger partial charge in [0.25, 0.3) is 0 Å². The first kappa shape index (κ1) is 11.0. The van der Waals surface area contributed by atoms with Crippen LogP contribution in [-0.4, -0.2) is 9.78 Å². The molecule has 0 atom stereocenters. The SMILES string of the molecule is Cc1nn(-c2cccc(Br)c2)c2c1CCCC2. The number of hydrogen-bond donors (Lipinski definition) is 0. The Kier molecular flexibility index (Phi) is 2.79. The van der Waals surface area contributed by atoms with Crippen molar-refractivity contribution >= 4 is 15.9 Å². The third-order valence-corrected chi connectivity index (χ3v) is 3.93. The van der Waals surface area contributed by atoms with Crippen molar-refractivity contribution in [3.63, 3.8) is 0 Å². The van der Waals surface area contributed by atoms with Crippen molar-refractivity contribution in [2.24, 2.45) is 0 Å². The average molecular weight is 291 g/mol. The second-order valence-corrected chi connectivity index (χ2v) is 5.53. The highest BCUT2D eigenvalue weighted by Gasteiger charge is 2.19. The van der Waals surface area contributed by atoms with Crippen LogP contribution in [-0.2, 0) is 12.8 Å². The molecule has 0 radical (unpaired) electrons. The highest BCUT2D eigenvalue weighted by atomic mass is 79.9. The van der Waals surface area contributed by atoms with Gasteiger partial charge in [-0.1, -0.05) is 22.0 Å². The van der Waals surface area contributed by atoms with E-state index in [0.717, 1.165) is 16.6 Å². The van der Waals surface area contributed by atoms with Crippen LogP contribution in [0.3, 0.4) is 0 Å². The molecular formula is C14H15BrN2. The number of hydrogen-bond acceptors (Lipinski definition) is 1. The molecule has 2 nitrogen and oxygen atoms in total. The van der Waals surface area contributed by atoms with Gasteiger partial charge in [-0.2, -0.15) is 5.10 Å². The minimum atomic E-state index is 1.10. The molecule has 1 aliphatic rings. The Balaban J connectivity index is 2.15. The summed E-state index contributed by atoms with van der Waals surface area (Å²) in [5.74, 6) is 0. The first-order chi connectivity index (χ1) is 8.25. The van der Waals surface area contributed by atoms with Crippen molar-refractivity contribution in [3.05, 3.63) is 45.7 Å². The quantitative estimate of drug-likeness (QED) is 0.781. The van der Waals surface area contributed by atoms with Gasteiger partial charge in [0.2, 0.25) is 0 Å². The lowest BCUT2D eigenvalue weighted by atomic mass is 9.96. The number of aromatic nitrogens is 2. The molecule has 1 heterocycles. The summed E-state index contributed by atoms with van der Waals surface area (Å²) >= 11 is 3.52. The Morgan fingerprint density at radius 1 is 1.24 bits per heavy atom. The molecule has 0 unspecified atom stereocenters. The minimum absolute atomic E-state index is 1.10. The first-order valence-corrected chi connectivity index (χ1v) is 6.88. The van der Waals surface area contributed by atoms with Gasteiger partial charge < -0.3 is 0 Å². The van der Waals surface area contributed by atoms with Crippen molar-refractivity contribution in [2.45, 2.75) is 32.6 Å². The molecule has 2 aromatic rings. The highest BCUT2D eigenvalue weighted by Crippen LogP contribution is 2.27. The van der Waals surface area contributed by atoms with Crippen molar-refractivity contribution in [2.75, 3.05) is 0 Å². The number of nitrogens with zero attached hydrogens (tertiary/aromatic N) is 2. The molecule has 1 aliphatic carbocycles. The van der Waals surface area contributed by atoms with Crippen LogP contribution in [0.15, 0.2) is 28.7 Å². The number of benzene rings is 1. The van der Waals surface area contributed by atoms with Crippen LogP contribution >= 0.6 is 15.9 Å². The van der Waals surface area contributed by atoms with Gasteiger partial charge in [-0.15, -0.1) is 0 Å². The van der Waals surface area contributed by atoms with Crippen LogP contribution in [0.5, 0.6) is 0 Å². The summed E-state index contributed by atoms with van der Waals surface area (Å²) < 4.78 is 3.22. The highest BCUT2D eigenvalue weighted by molar-refractivity contribution is 9.10. The maximum Gasteiger partial charge on any atom is 0.0660 e. The summed E-state index contributed by atoms with van der Waals surface area (Å²) in [6, 6.07) is 8.35. The number of rotatable bonds is 1. The molecule has 0 spiro atoms. The topological polar surface area (TPSA) is 17.8 Å². The standard InChI is InChI=1S/C14H15BrN2/c1-10-13-7-2-3-8-14(13)17(16-10)12-6-4-5-11(15)9-12/h4-6,9H,2-3,7-8H2,1H3. The molecule has 0 N–H and O–H groups in total. The summed E-state index contributed by atoms with van der Waals surface area (Å²) in [7, 11) is 0. The van der Waals surface area contributed by atoms with Crippen LogP contribution in [0.2, 0.25) is 0 Å². The Morgan fingerprint density at radius 2 is 2.06 bits per heavy atom. The van der Waals surface area contributed by atoms with E-state index < -0.39 is 0 Å². The van der Waals surface area contributed by atoms with E-state index >= 15 is 0 Å². The fraction of sp³-hybridized carbons (Fsp3) is 0.357. The summed E-state index contributed by atoms with van der Waals surface area (Å²) in [5, 5.41) is 4.70. The van der Waals surface area contributed by atoms with E-state index in [2.05, 4.69) is 45.7 Å². The van der Waals surface area contributed by atoms with Gasteiger partial charge >= 0.3 is 0 Å². The molecule has 1 aromatic heterocycles. The van der Waals surface area contributed by atoms with E-state index in [9.17, 15) is 0 Å². The Hall–Kier alpha value is -1.09. The van der Waals surface area contributed by atoms with Gasteiger partial charge in [-0.05, 0) is 56.4 Å². The van der Waals surface area contributed by atoms with Crippen molar-refractivity contribution < 1.29 is 0 Å². The second kappa shape index (κ2) is 4.30. The Bertz CT molecular complexity index is 557. The molecule has 0 saturated carbocycles. The van der Waals surface area contributed by atoms with Crippen molar-refractivity contribution in [3.8, 4) is 5.69 Å². The van der Waals surface area contributed by atoms with Gasteiger partial charge in [0.05, 0.1) is 11.4 Å². The first-order valence-electron chi connectivity index (χ1n) is 6.09. The van der Waals surface area contributed by atoms with Gasteiger partial charge in [-0.25, -0.2) is 4.68 Å². The Morgan fingerprint density at radius 3 is 2.88 bits per heavy atom. The summed E-state index contributed by atoms with van der Waals surface area (Å²) in [6.45, 7) is 2.12. The van der Waals surface area contributed by atoms with Crippen LogP contribution in [0.25, 0.3) is 5.69 Å². The zero-order valence-electron chi connectivity index (χ0n) is 9.91. The number of halogens is 1. The fourth-order valence-electron chi connectivity index (χ4n) is 2.61. The van der Waals surface area contributed by atoms with E-state index in [1.165, 1.54) is 36.2 Å². The predicted molar refractivity (Wildman–Crippen MR) is 72.6 cm³/mol. The third-order valence-electron chi connectivity index (χ3n) is 3.43. The van der Waals surface area contributed by atoms with Gasteiger partial charge in [-0.3, -0.25) is 0 Å². The molecule has 0 saturated heterocycles. The molecule has 0 aliphatic heterocycles. The third kappa shape index (κ3) is 1.93. The summed E-state index contributed by atoms with van der Waals surface area (Å²) in [4.78, 5) is 0. The number of aryl methyl sites for hydroxylation is 1. The lowest BCUT2D eigenvalue weighted by molar-refractivity contribution is 0.653. The van der Waals surface area contributed by atoms with Crippen molar-refractivity contribution in [1.29, 1.82) is 0 Å². The maximum absolute atomic E-state index is 4.70. The zero-order valence-corrected chi connectivity index (χ0v) is 11.5. The van der Waals surface area contributed by atoms with Gasteiger partial charge in [0.15, 0.2) is 0 Å². The summed E-state index contributed by atoms with van der Waals surface area (Å²) in [6.07, 6.45) is 4.93. The fourth-order valence-corrected chi connectivity index (χ4v) is 2.99. The molecule has 0 bridgehead atoms.